The molecule has 1 saturated heterocycles. The first-order valence-corrected chi connectivity index (χ1v) is 11.2. The number of carbonyl (C=O) groups is 4. The highest BCUT2D eigenvalue weighted by Gasteiger charge is 2.38. The summed E-state index contributed by atoms with van der Waals surface area (Å²) in [4.78, 5) is 51.5. The molecule has 1 fully saturated rings. The fraction of sp³-hybridized carbons (Fsp3) is 0.818. The molecule has 4 atom stereocenters. The van der Waals surface area contributed by atoms with Gasteiger partial charge in [-0.15, -0.1) is 0 Å². The lowest BCUT2D eigenvalue weighted by molar-refractivity contribution is -0.149. The van der Waals surface area contributed by atoms with Gasteiger partial charge in [0.25, 0.3) is 0 Å². The molecule has 1 aliphatic rings. The number of nitrogens with one attached hydrogen (secondary N) is 2. The smallest absolute Gasteiger partial charge is 0.326 e. The van der Waals surface area contributed by atoms with Crippen molar-refractivity contribution in [2.24, 2.45) is 23.5 Å². The van der Waals surface area contributed by atoms with Gasteiger partial charge in [-0.05, 0) is 43.4 Å². The van der Waals surface area contributed by atoms with E-state index in [0.29, 0.717) is 32.2 Å². The zero-order valence-corrected chi connectivity index (χ0v) is 19.7. The molecular formula is C22H40N4O5. The van der Waals surface area contributed by atoms with Crippen molar-refractivity contribution in [2.45, 2.75) is 91.4 Å². The number of hydrogen-bond acceptors (Lipinski definition) is 5. The Morgan fingerprint density at radius 2 is 1.45 bits per heavy atom. The molecule has 0 bridgehead atoms. The monoisotopic (exact) mass is 440 g/mol. The van der Waals surface area contributed by atoms with Crippen molar-refractivity contribution in [2.75, 3.05) is 6.54 Å². The molecule has 9 nitrogen and oxygen atoms in total. The molecule has 3 amide bonds. The number of carboxylic acids is 1. The number of likely N-dealkylation sites (tertiary alicyclic amines) is 1. The lowest BCUT2D eigenvalue weighted by atomic mass is 9.98. The van der Waals surface area contributed by atoms with Crippen LogP contribution in [0.25, 0.3) is 0 Å². The first-order chi connectivity index (χ1) is 14.3. The summed E-state index contributed by atoms with van der Waals surface area (Å²) in [5.74, 6) is -2.14. The van der Waals surface area contributed by atoms with Crippen LogP contribution in [0.3, 0.4) is 0 Å². The Morgan fingerprint density at radius 3 is 1.94 bits per heavy atom. The van der Waals surface area contributed by atoms with E-state index in [1.807, 2.05) is 41.5 Å². The van der Waals surface area contributed by atoms with E-state index in [-0.39, 0.29) is 23.7 Å². The summed E-state index contributed by atoms with van der Waals surface area (Å²) < 4.78 is 0. The number of carboxylic acid groups (broad SMARTS) is 1. The Hall–Kier alpha value is -2.16. The maximum atomic E-state index is 13.1. The van der Waals surface area contributed by atoms with Crippen LogP contribution in [0.15, 0.2) is 0 Å². The zero-order chi connectivity index (χ0) is 23.9. The van der Waals surface area contributed by atoms with Crippen LogP contribution in [0.2, 0.25) is 0 Å². The number of nitrogens with two attached hydrogens (primary N) is 1. The number of aliphatic carboxylic acids is 1. The van der Waals surface area contributed by atoms with Crippen molar-refractivity contribution in [3.05, 3.63) is 0 Å². The second-order valence-corrected chi connectivity index (χ2v) is 9.68. The molecule has 0 aromatic carbocycles. The average molecular weight is 441 g/mol. The van der Waals surface area contributed by atoms with E-state index < -0.39 is 42.0 Å². The van der Waals surface area contributed by atoms with Crippen molar-refractivity contribution in [3.8, 4) is 0 Å². The second kappa shape index (κ2) is 12.0. The molecule has 1 rings (SSSR count). The predicted molar refractivity (Wildman–Crippen MR) is 118 cm³/mol. The van der Waals surface area contributed by atoms with E-state index in [1.54, 1.807) is 0 Å². The molecule has 0 radical (unpaired) electrons. The summed E-state index contributed by atoms with van der Waals surface area (Å²) in [6, 6.07) is -3.28. The molecular weight excluding hydrogens is 400 g/mol. The van der Waals surface area contributed by atoms with E-state index in [0.717, 1.165) is 0 Å². The summed E-state index contributed by atoms with van der Waals surface area (Å²) in [7, 11) is 0. The van der Waals surface area contributed by atoms with Gasteiger partial charge >= 0.3 is 5.97 Å². The van der Waals surface area contributed by atoms with Crippen molar-refractivity contribution in [1.29, 1.82) is 0 Å². The summed E-state index contributed by atoms with van der Waals surface area (Å²) in [6.45, 7) is 11.7. The zero-order valence-electron chi connectivity index (χ0n) is 19.7. The summed E-state index contributed by atoms with van der Waals surface area (Å²) in [5, 5.41) is 14.9. The van der Waals surface area contributed by atoms with Gasteiger partial charge in [0.15, 0.2) is 0 Å². The van der Waals surface area contributed by atoms with Crippen molar-refractivity contribution in [1.82, 2.24) is 15.5 Å². The fourth-order valence-electron chi connectivity index (χ4n) is 3.73. The van der Waals surface area contributed by atoms with E-state index >= 15 is 0 Å². The lowest BCUT2D eigenvalue weighted by Gasteiger charge is -2.30. The quantitative estimate of drug-likeness (QED) is 0.379. The minimum atomic E-state index is -1.03. The molecule has 178 valence electrons. The van der Waals surface area contributed by atoms with Crippen molar-refractivity contribution in [3.63, 3.8) is 0 Å². The summed E-state index contributed by atoms with van der Waals surface area (Å²) >= 11 is 0. The Balaban J connectivity index is 3.01. The molecule has 0 aromatic rings. The van der Waals surface area contributed by atoms with Gasteiger partial charge in [0.05, 0.1) is 6.04 Å². The maximum absolute atomic E-state index is 13.1. The van der Waals surface area contributed by atoms with Gasteiger partial charge in [0, 0.05) is 6.54 Å². The predicted octanol–water partition coefficient (Wildman–Crippen LogP) is 1.11. The molecule has 0 unspecified atom stereocenters. The Morgan fingerprint density at radius 1 is 0.935 bits per heavy atom. The highest BCUT2D eigenvalue weighted by Crippen LogP contribution is 2.20. The summed E-state index contributed by atoms with van der Waals surface area (Å²) in [6.07, 6.45) is 1.79. The number of nitrogens with zero attached hydrogens (tertiary/aromatic N) is 1. The Labute approximate surface area is 185 Å². The first kappa shape index (κ1) is 26.9. The standard InChI is InChI=1S/C22H40N4O5/c1-12(2)10-15(24-20(28)18(23)14(5)6)19(27)25-16(11-13(3)4)21(29)26-9-7-8-17(26)22(30)31/h12-18H,7-11,23H2,1-6H3,(H,24,28)(H,25,27)(H,30,31)/t15-,16-,17-,18-/m0/s1. The van der Waals surface area contributed by atoms with Gasteiger partial charge in [-0.2, -0.15) is 0 Å². The van der Waals surface area contributed by atoms with Crippen LogP contribution in [0, 0.1) is 17.8 Å². The molecule has 31 heavy (non-hydrogen) atoms. The van der Waals surface area contributed by atoms with Crippen LogP contribution in [-0.2, 0) is 19.2 Å². The SMILES string of the molecule is CC(C)C[C@H](NC(=O)[C@@H](N)C(C)C)C(=O)N[C@@H](CC(C)C)C(=O)N1CCC[C@H]1C(=O)O. The van der Waals surface area contributed by atoms with Crippen LogP contribution in [0.5, 0.6) is 0 Å². The van der Waals surface area contributed by atoms with Crippen LogP contribution >= 0.6 is 0 Å². The topological polar surface area (TPSA) is 142 Å². The number of rotatable bonds is 11. The molecule has 0 saturated carbocycles. The molecule has 0 aromatic heterocycles. The fourth-order valence-corrected chi connectivity index (χ4v) is 3.73. The molecule has 5 N–H and O–H groups in total. The van der Waals surface area contributed by atoms with Crippen LogP contribution < -0.4 is 16.4 Å². The van der Waals surface area contributed by atoms with E-state index in [4.69, 9.17) is 5.73 Å². The van der Waals surface area contributed by atoms with Crippen LogP contribution in [0.1, 0.15) is 67.2 Å². The van der Waals surface area contributed by atoms with E-state index in [9.17, 15) is 24.3 Å². The van der Waals surface area contributed by atoms with Gasteiger partial charge in [-0.1, -0.05) is 41.5 Å². The number of carbonyl (C=O) groups excluding carboxylic acids is 3. The minimum Gasteiger partial charge on any atom is -0.480 e. The molecule has 1 heterocycles. The third kappa shape index (κ3) is 8.12. The molecule has 1 aliphatic heterocycles. The maximum Gasteiger partial charge on any atom is 0.326 e. The molecule has 9 heteroatoms. The van der Waals surface area contributed by atoms with Gasteiger partial charge in [0.1, 0.15) is 18.1 Å². The van der Waals surface area contributed by atoms with Crippen LogP contribution in [-0.4, -0.2) is 64.4 Å². The van der Waals surface area contributed by atoms with Gasteiger partial charge in [-0.3, -0.25) is 14.4 Å². The highest BCUT2D eigenvalue weighted by atomic mass is 16.4. The lowest BCUT2D eigenvalue weighted by Crippen LogP contribution is -2.58. The normalized spacial score (nSPS) is 19.4. The minimum absolute atomic E-state index is 0.0823. The van der Waals surface area contributed by atoms with Crippen molar-refractivity contribution >= 4 is 23.7 Å². The number of hydrogen-bond donors (Lipinski definition) is 4. The van der Waals surface area contributed by atoms with Crippen molar-refractivity contribution < 1.29 is 24.3 Å². The first-order valence-electron chi connectivity index (χ1n) is 11.2. The Bertz CT molecular complexity index is 650. The van der Waals surface area contributed by atoms with E-state index in [1.165, 1.54) is 4.90 Å². The Kier molecular flexibility index (Phi) is 10.4. The molecule has 0 spiro atoms. The van der Waals surface area contributed by atoms with Crippen LogP contribution in [0.4, 0.5) is 0 Å². The van der Waals surface area contributed by atoms with Gasteiger partial charge < -0.3 is 26.4 Å². The highest BCUT2D eigenvalue weighted by molar-refractivity contribution is 5.94. The third-order valence-corrected chi connectivity index (χ3v) is 5.50. The number of amides is 3. The van der Waals surface area contributed by atoms with E-state index in [2.05, 4.69) is 10.6 Å². The average Bonchev–Trinajstić information content (AvgIpc) is 3.14. The molecule has 0 aliphatic carbocycles. The second-order valence-electron chi connectivity index (χ2n) is 9.68. The largest absolute Gasteiger partial charge is 0.480 e. The van der Waals surface area contributed by atoms with Gasteiger partial charge in [0.2, 0.25) is 17.7 Å². The van der Waals surface area contributed by atoms with Gasteiger partial charge in [-0.25, -0.2) is 4.79 Å². The summed E-state index contributed by atoms with van der Waals surface area (Å²) in [5.41, 5.74) is 5.92. The third-order valence-electron chi connectivity index (χ3n) is 5.50.